The normalized spacial score (nSPS) is 11.6. The SMILES string of the molecule is CC[C@@H](NC(=O)COC(=O)COc1cc(C)cc(C)c1)c1ccc(C)cc1. The van der Waals surface area contributed by atoms with E-state index in [2.05, 4.69) is 5.32 Å². The Hall–Kier alpha value is -2.82. The van der Waals surface area contributed by atoms with Gasteiger partial charge in [0.25, 0.3) is 5.91 Å². The Morgan fingerprint density at radius 1 is 0.926 bits per heavy atom. The van der Waals surface area contributed by atoms with Gasteiger partial charge in [-0.1, -0.05) is 42.8 Å². The number of aryl methyl sites for hydroxylation is 3. The van der Waals surface area contributed by atoms with Crippen LogP contribution in [0.1, 0.15) is 41.6 Å². The zero-order valence-corrected chi connectivity index (χ0v) is 16.4. The lowest BCUT2D eigenvalue weighted by Gasteiger charge is -2.17. The molecule has 27 heavy (non-hydrogen) atoms. The Kier molecular flexibility index (Phi) is 7.41. The second kappa shape index (κ2) is 9.76. The van der Waals surface area contributed by atoms with Crippen LogP contribution in [0.4, 0.5) is 0 Å². The maximum Gasteiger partial charge on any atom is 0.344 e. The minimum Gasteiger partial charge on any atom is -0.482 e. The zero-order valence-electron chi connectivity index (χ0n) is 16.4. The van der Waals surface area contributed by atoms with Crippen molar-refractivity contribution >= 4 is 11.9 Å². The molecule has 0 aliphatic heterocycles. The number of rotatable bonds is 8. The Labute approximate surface area is 160 Å². The summed E-state index contributed by atoms with van der Waals surface area (Å²) in [7, 11) is 0. The lowest BCUT2D eigenvalue weighted by atomic mass is 10.0. The molecule has 1 amide bonds. The van der Waals surface area contributed by atoms with Crippen molar-refractivity contribution in [3.63, 3.8) is 0 Å². The van der Waals surface area contributed by atoms with Crippen LogP contribution in [0, 0.1) is 20.8 Å². The van der Waals surface area contributed by atoms with Gasteiger partial charge in [0.1, 0.15) is 5.75 Å². The Morgan fingerprint density at radius 2 is 1.56 bits per heavy atom. The van der Waals surface area contributed by atoms with Crippen LogP contribution in [0.15, 0.2) is 42.5 Å². The summed E-state index contributed by atoms with van der Waals surface area (Å²) in [6, 6.07) is 13.6. The van der Waals surface area contributed by atoms with E-state index in [1.165, 1.54) is 0 Å². The molecule has 0 aliphatic rings. The smallest absolute Gasteiger partial charge is 0.344 e. The summed E-state index contributed by atoms with van der Waals surface area (Å²) < 4.78 is 10.4. The van der Waals surface area contributed by atoms with E-state index >= 15 is 0 Å². The minimum atomic E-state index is -0.576. The van der Waals surface area contributed by atoms with Crippen LogP contribution in [0.3, 0.4) is 0 Å². The molecule has 2 aromatic carbocycles. The third kappa shape index (κ3) is 6.77. The Morgan fingerprint density at radius 3 is 2.15 bits per heavy atom. The molecule has 0 bridgehead atoms. The molecule has 0 aliphatic carbocycles. The second-order valence-corrected chi connectivity index (χ2v) is 6.71. The monoisotopic (exact) mass is 369 g/mol. The van der Waals surface area contributed by atoms with Crippen molar-refractivity contribution in [1.29, 1.82) is 0 Å². The molecule has 2 rings (SSSR count). The molecule has 5 heteroatoms. The molecule has 0 radical (unpaired) electrons. The van der Waals surface area contributed by atoms with Crippen LogP contribution in [0.25, 0.3) is 0 Å². The highest BCUT2D eigenvalue weighted by Gasteiger charge is 2.14. The van der Waals surface area contributed by atoms with Crippen LogP contribution >= 0.6 is 0 Å². The average Bonchev–Trinajstić information content (AvgIpc) is 2.63. The van der Waals surface area contributed by atoms with Crippen molar-refractivity contribution in [3.05, 3.63) is 64.7 Å². The first-order chi connectivity index (χ1) is 12.9. The van der Waals surface area contributed by atoms with E-state index < -0.39 is 5.97 Å². The van der Waals surface area contributed by atoms with E-state index in [9.17, 15) is 9.59 Å². The highest BCUT2D eigenvalue weighted by atomic mass is 16.6. The average molecular weight is 369 g/mol. The van der Waals surface area contributed by atoms with Crippen molar-refractivity contribution in [2.24, 2.45) is 0 Å². The summed E-state index contributed by atoms with van der Waals surface area (Å²) in [5.41, 5.74) is 4.30. The fraction of sp³-hybridized carbons (Fsp3) is 0.364. The molecule has 0 saturated carbocycles. The predicted octanol–water partition coefficient (Wildman–Crippen LogP) is 3.80. The Balaban J connectivity index is 1.78. The Bertz CT molecular complexity index is 763. The number of ether oxygens (including phenoxy) is 2. The van der Waals surface area contributed by atoms with Crippen LogP contribution in [-0.2, 0) is 14.3 Å². The van der Waals surface area contributed by atoms with E-state index in [-0.39, 0.29) is 25.2 Å². The van der Waals surface area contributed by atoms with Crippen LogP contribution < -0.4 is 10.1 Å². The highest BCUT2D eigenvalue weighted by Crippen LogP contribution is 2.17. The lowest BCUT2D eigenvalue weighted by Crippen LogP contribution is -2.32. The maximum absolute atomic E-state index is 12.1. The van der Waals surface area contributed by atoms with Crippen LogP contribution in [0.2, 0.25) is 0 Å². The van der Waals surface area contributed by atoms with Crippen molar-refractivity contribution in [1.82, 2.24) is 5.32 Å². The van der Waals surface area contributed by atoms with Crippen molar-refractivity contribution in [2.75, 3.05) is 13.2 Å². The third-order valence-electron chi connectivity index (χ3n) is 4.14. The number of esters is 1. The molecule has 144 valence electrons. The fourth-order valence-electron chi connectivity index (χ4n) is 2.80. The number of amides is 1. The summed E-state index contributed by atoms with van der Waals surface area (Å²) in [5.74, 6) is -0.297. The molecule has 0 heterocycles. The number of carbonyl (C=O) groups is 2. The standard InChI is InChI=1S/C22H27NO4/c1-5-20(18-8-6-15(2)7-9-18)23-21(24)13-27-22(25)14-26-19-11-16(3)10-17(4)12-19/h6-12,20H,5,13-14H2,1-4H3,(H,23,24)/t20-/m1/s1. The molecular formula is C22H27NO4. The van der Waals surface area contributed by atoms with Crippen LogP contribution in [0.5, 0.6) is 5.75 Å². The van der Waals surface area contributed by atoms with Crippen LogP contribution in [-0.4, -0.2) is 25.1 Å². The first-order valence-electron chi connectivity index (χ1n) is 9.10. The number of hydrogen-bond donors (Lipinski definition) is 1. The van der Waals surface area contributed by atoms with E-state index in [4.69, 9.17) is 9.47 Å². The minimum absolute atomic E-state index is 0.108. The first-order valence-corrected chi connectivity index (χ1v) is 9.10. The number of carbonyl (C=O) groups excluding carboxylic acids is 2. The van der Waals surface area contributed by atoms with Gasteiger partial charge in [-0.2, -0.15) is 0 Å². The lowest BCUT2D eigenvalue weighted by molar-refractivity contribution is -0.150. The number of hydrogen-bond acceptors (Lipinski definition) is 4. The molecule has 0 aromatic heterocycles. The summed E-state index contributed by atoms with van der Waals surface area (Å²) in [6.45, 7) is 7.38. The van der Waals surface area contributed by atoms with Gasteiger partial charge < -0.3 is 14.8 Å². The number of benzene rings is 2. The van der Waals surface area contributed by atoms with Gasteiger partial charge in [0.05, 0.1) is 6.04 Å². The summed E-state index contributed by atoms with van der Waals surface area (Å²) in [4.78, 5) is 23.9. The first kappa shape index (κ1) is 20.5. The fourth-order valence-corrected chi connectivity index (χ4v) is 2.80. The second-order valence-electron chi connectivity index (χ2n) is 6.71. The molecule has 0 spiro atoms. The molecule has 0 fully saturated rings. The largest absolute Gasteiger partial charge is 0.482 e. The maximum atomic E-state index is 12.1. The molecule has 1 N–H and O–H groups in total. The van der Waals surface area contributed by atoms with E-state index in [0.717, 1.165) is 28.7 Å². The number of nitrogens with one attached hydrogen (secondary N) is 1. The van der Waals surface area contributed by atoms with Gasteiger partial charge in [0, 0.05) is 0 Å². The van der Waals surface area contributed by atoms with Crippen molar-refractivity contribution in [2.45, 2.75) is 40.2 Å². The summed E-state index contributed by atoms with van der Waals surface area (Å²) >= 11 is 0. The van der Waals surface area contributed by atoms with E-state index in [1.807, 2.05) is 70.2 Å². The molecule has 1 atom stereocenters. The van der Waals surface area contributed by atoms with Gasteiger partial charge in [0.15, 0.2) is 13.2 Å². The molecule has 5 nitrogen and oxygen atoms in total. The molecule has 0 unspecified atom stereocenters. The van der Waals surface area contributed by atoms with Gasteiger partial charge in [-0.3, -0.25) is 4.79 Å². The van der Waals surface area contributed by atoms with Gasteiger partial charge >= 0.3 is 5.97 Å². The van der Waals surface area contributed by atoms with E-state index in [0.29, 0.717) is 5.75 Å². The van der Waals surface area contributed by atoms with Crippen molar-refractivity contribution in [3.8, 4) is 5.75 Å². The molecular weight excluding hydrogens is 342 g/mol. The summed E-state index contributed by atoms with van der Waals surface area (Å²) in [5, 5.41) is 2.89. The van der Waals surface area contributed by atoms with Crippen molar-refractivity contribution < 1.29 is 19.1 Å². The third-order valence-corrected chi connectivity index (χ3v) is 4.14. The highest BCUT2D eigenvalue weighted by molar-refractivity contribution is 5.81. The quantitative estimate of drug-likeness (QED) is 0.719. The van der Waals surface area contributed by atoms with Gasteiger partial charge in [-0.25, -0.2) is 4.79 Å². The predicted molar refractivity (Wildman–Crippen MR) is 105 cm³/mol. The topological polar surface area (TPSA) is 64.6 Å². The van der Waals surface area contributed by atoms with Gasteiger partial charge in [-0.15, -0.1) is 0 Å². The zero-order chi connectivity index (χ0) is 19.8. The summed E-state index contributed by atoms with van der Waals surface area (Å²) in [6.07, 6.45) is 0.749. The van der Waals surface area contributed by atoms with Gasteiger partial charge in [-0.05, 0) is 56.0 Å². The van der Waals surface area contributed by atoms with Gasteiger partial charge in [0.2, 0.25) is 0 Å². The molecule has 0 saturated heterocycles. The molecule has 2 aromatic rings. The van der Waals surface area contributed by atoms with E-state index in [1.54, 1.807) is 0 Å².